The molecule has 0 aromatic heterocycles. The quantitative estimate of drug-likeness (QED) is 0.689. The zero-order chi connectivity index (χ0) is 20.6. The molecule has 0 aromatic carbocycles. The van der Waals surface area contributed by atoms with Crippen LogP contribution in [0.15, 0.2) is 0 Å². The van der Waals surface area contributed by atoms with Crippen LogP contribution in [0.2, 0.25) is 0 Å². The van der Waals surface area contributed by atoms with Gasteiger partial charge in [-0.3, -0.25) is 0 Å². The number of rotatable bonds is 1. The molecule has 0 radical (unpaired) electrons. The Morgan fingerprint density at radius 3 is 2.26 bits per heavy atom. The van der Waals surface area contributed by atoms with Gasteiger partial charge in [0.25, 0.3) is 0 Å². The molecule has 2 heterocycles. The molecule has 7 nitrogen and oxygen atoms in total. The van der Waals surface area contributed by atoms with Crippen LogP contribution in [0, 0.1) is 0 Å². The van der Waals surface area contributed by atoms with Gasteiger partial charge in [-0.15, -0.1) is 0 Å². The number of likely N-dealkylation sites (N-methyl/N-ethyl adjacent to an activating group) is 1. The van der Waals surface area contributed by atoms with Crippen LogP contribution < -0.4 is 0 Å². The first kappa shape index (κ1) is 21.7. The van der Waals surface area contributed by atoms with Gasteiger partial charge in [0.1, 0.15) is 23.0 Å². The number of nitrogens with zero attached hydrogens (tertiary/aromatic N) is 2. The van der Waals surface area contributed by atoms with Crippen molar-refractivity contribution < 1.29 is 28.2 Å². The number of carbonyl (C=O) groups excluding carboxylic acids is 2. The first-order valence-electron chi connectivity index (χ1n) is 9.44. The third-order valence-electron chi connectivity index (χ3n) is 4.78. The maximum atomic E-state index is 15.0. The Balaban J connectivity index is 1.95. The Hall–Kier alpha value is -1.57. The van der Waals surface area contributed by atoms with Gasteiger partial charge >= 0.3 is 12.2 Å². The van der Waals surface area contributed by atoms with E-state index in [1.54, 1.807) is 48.6 Å². The Morgan fingerprint density at radius 2 is 1.74 bits per heavy atom. The molecule has 3 atom stereocenters. The monoisotopic (exact) mass is 388 g/mol. The smallest absolute Gasteiger partial charge is 0.410 e. The Morgan fingerprint density at radius 1 is 1.15 bits per heavy atom. The van der Waals surface area contributed by atoms with Gasteiger partial charge in [-0.25, -0.2) is 14.0 Å². The molecule has 0 aliphatic carbocycles. The van der Waals surface area contributed by atoms with Crippen LogP contribution >= 0.6 is 0 Å². The molecule has 0 N–H and O–H groups in total. The van der Waals surface area contributed by atoms with E-state index in [0.717, 1.165) is 0 Å². The molecule has 3 unspecified atom stereocenters. The lowest BCUT2D eigenvalue weighted by atomic mass is 9.85. The molecule has 156 valence electrons. The van der Waals surface area contributed by atoms with Gasteiger partial charge < -0.3 is 24.0 Å². The van der Waals surface area contributed by atoms with E-state index in [2.05, 4.69) is 0 Å². The molecule has 8 heteroatoms. The van der Waals surface area contributed by atoms with E-state index in [1.807, 2.05) is 0 Å². The second-order valence-electron chi connectivity index (χ2n) is 9.47. The second-order valence-corrected chi connectivity index (χ2v) is 9.47. The molecular formula is C19H33FN2O5. The summed E-state index contributed by atoms with van der Waals surface area (Å²) >= 11 is 0. The topological polar surface area (TPSA) is 68.3 Å². The summed E-state index contributed by atoms with van der Waals surface area (Å²) in [4.78, 5) is 27.3. The van der Waals surface area contributed by atoms with Crippen molar-refractivity contribution in [3.05, 3.63) is 0 Å². The van der Waals surface area contributed by atoms with Crippen molar-refractivity contribution >= 4 is 12.2 Å². The number of hydrogen-bond donors (Lipinski definition) is 0. The lowest BCUT2D eigenvalue weighted by Gasteiger charge is -2.41. The van der Waals surface area contributed by atoms with Crippen LogP contribution in [-0.4, -0.2) is 77.7 Å². The predicted octanol–water partition coefficient (Wildman–Crippen LogP) is 3.36. The summed E-state index contributed by atoms with van der Waals surface area (Å²) in [5.41, 5.74) is -2.19. The summed E-state index contributed by atoms with van der Waals surface area (Å²) in [6.07, 6.45) is -1.55. The van der Waals surface area contributed by atoms with E-state index in [4.69, 9.17) is 14.2 Å². The first-order chi connectivity index (χ1) is 12.2. The Labute approximate surface area is 161 Å². The second kappa shape index (κ2) is 7.45. The van der Waals surface area contributed by atoms with Crippen molar-refractivity contribution in [3.8, 4) is 0 Å². The van der Waals surface area contributed by atoms with Crippen LogP contribution in [0.3, 0.4) is 0 Å². The van der Waals surface area contributed by atoms with Gasteiger partial charge in [-0.2, -0.15) is 0 Å². The normalized spacial score (nSPS) is 29.0. The number of likely N-dealkylation sites (tertiary alicyclic amines) is 1. The molecule has 1 spiro atoms. The number of hydrogen-bond acceptors (Lipinski definition) is 5. The van der Waals surface area contributed by atoms with Gasteiger partial charge in [-0.1, -0.05) is 0 Å². The van der Waals surface area contributed by atoms with E-state index >= 15 is 0 Å². The van der Waals surface area contributed by atoms with E-state index in [-0.39, 0.29) is 19.2 Å². The molecule has 27 heavy (non-hydrogen) atoms. The Bertz CT molecular complexity index is 571. The average molecular weight is 388 g/mol. The highest BCUT2D eigenvalue weighted by Crippen LogP contribution is 2.39. The van der Waals surface area contributed by atoms with Crippen molar-refractivity contribution in [1.29, 1.82) is 0 Å². The molecule has 2 rings (SSSR count). The minimum absolute atomic E-state index is 0.0716. The highest BCUT2D eigenvalue weighted by atomic mass is 19.1. The SMILES string of the molecule is CN(C(=O)OC(C)(C)C)C1COC2(CCN(C(=O)OC(C)(C)C)CC2F)C1. The van der Waals surface area contributed by atoms with Crippen LogP contribution in [-0.2, 0) is 14.2 Å². The molecule has 2 aliphatic heterocycles. The number of carbonyl (C=O) groups is 2. The van der Waals surface area contributed by atoms with Crippen molar-refractivity contribution in [2.24, 2.45) is 0 Å². The minimum Gasteiger partial charge on any atom is -0.444 e. The third-order valence-corrected chi connectivity index (χ3v) is 4.78. The van der Waals surface area contributed by atoms with Crippen LogP contribution in [0.4, 0.5) is 14.0 Å². The standard InChI is InChI=1S/C19H33FN2O5/c1-17(2,3)26-15(23)21(7)13-10-19(25-12-13)8-9-22(11-14(19)20)16(24)27-18(4,5)6/h13-14H,8-12H2,1-7H3. The fourth-order valence-electron chi connectivity index (χ4n) is 3.33. The highest BCUT2D eigenvalue weighted by Gasteiger charge is 2.52. The molecule has 2 amide bonds. The van der Waals surface area contributed by atoms with Gasteiger partial charge in [0.2, 0.25) is 0 Å². The summed E-state index contributed by atoms with van der Waals surface area (Å²) < 4.78 is 31.5. The zero-order valence-corrected chi connectivity index (χ0v) is 17.5. The van der Waals surface area contributed by atoms with Gasteiger partial charge in [0.05, 0.1) is 19.2 Å². The molecule has 0 aromatic rings. The van der Waals surface area contributed by atoms with E-state index in [0.29, 0.717) is 19.4 Å². The lowest BCUT2D eigenvalue weighted by Crippen LogP contribution is -2.56. The summed E-state index contributed by atoms with van der Waals surface area (Å²) in [7, 11) is 1.64. The first-order valence-corrected chi connectivity index (χ1v) is 9.44. The van der Waals surface area contributed by atoms with Crippen molar-refractivity contribution in [2.75, 3.05) is 26.7 Å². The number of halogens is 1. The van der Waals surface area contributed by atoms with Crippen molar-refractivity contribution in [3.63, 3.8) is 0 Å². The van der Waals surface area contributed by atoms with Crippen LogP contribution in [0.25, 0.3) is 0 Å². The summed E-state index contributed by atoms with van der Waals surface area (Å²) in [6, 6.07) is -0.258. The van der Waals surface area contributed by atoms with Gasteiger partial charge in [0, 0.05) is 20.0 Å². The Kier molecular flexibility index (Phi) is 5.99. The number of amides is 2. The summed E-state index contributed by atoms with van der Waals surface area (Å²) in [6.45, 7) is 11.3. The summed E-state index contributed by atoms with van der Waals surface area (Å²) in [5, 5.41) is 0. The van der Waals surface area contributed by atoms with E-state index < -0.39 is 35.2 Å². The average Bonchev–Trinajstić information content (AvgIpc) is 2.91. The van der Waals surface area contributed by atoms with E-state index in [9.17, 15) is 14.0 Å². The maximum Gasteiger partial charge on any atom is 0.410 e. The number of piperidine rings is 1. The highest BCUT2D eigenvalue weighted by molar-refractivity contribution is 5.69. The van der Waals surface area contributed by atoms with E-state index in [1.165, 1.54) is 9.80 Å². The fourth-order valence-corrected chi connectivity index (χ4v) is 3.33. The predicted molar refractivity (Wildman–Crippen MR) is 98.4 cm³/mol. The largest absolute Gasteiger partial charge is 0.444 e. The van der Waals surface area contributed by atoms with Crippen molar-refractivity contribution in [2.45, 2.75) is 83.4 Å². The minimum atomic E-state index is -1.34. The van der Waals surface area contributed by atoms with Crippen LogP contribution in [0.1, 0.15) is 54.4 Å². The molecular weight excluding hydrogens is 355 g/mol. The molecule has 2 fully saturated rings. The number of ether oxygens (including phenoxy) is 3. The van der Waals surface area contributed by atoms with Gasteiger partial charge in [-0.05, 0) is 48.0 Å². The molecule has 2 saturated heterocycles. The van der Waals surface area contributed by atoms with Gasteiger partial charge in [0.15, 0.2) is 0 Å². The molecule has 2 aliphatic rings. The third kappa shape index (κ3) is 5.46. The van der Waals surface area contributed by atoms with Crippen LogP contribution in [0.5, 0.6) is 0 Å². The molecule has 0 saturated carbocycles. The zero-order valence-electron chi connectivity index (χ0n) is 17.5. The number of alkyl halides is 1. The maximum absolute atomic E-state index is 15.0. The van der Waals surface area contributed by atoms with Crippen molar-refractivity contribution in [1.82, 2.24) is 9.80 Å². The lowest BCUT2D eigenvalue weighted by molar-refractivity contribution is -0.0982. The molecule has 0 bridgehead atoms. The fraction of sp³-hybridized carbons (Fsp3) is 0.895. The summed E-state index contributed by atoms with van der Waals surface area (Å²) in [5.74, 6) is 0.